The number of benzene rings is 1. The van der Waals surface area contributed by atoms with E-state index >= 15 is 0 Å². The van der Waals surface area contributed by atoms with Gasteiger partial charge in [-0.25, -0.2) is 12.7 Å². The number of H-pyrrole nitrogens is 1. The van der Waals surface area contributed by atoms with Gasteiger partial charge in [0, 0.05) is 36.3 Å². The van der Waals surface area contributed by atoms with Gasteiger partial charge in [-0.3, -0.25) is 0 Å². The number of para-hydroxylation sites is 1. The van der Waals surface area contributed by atoms with Crippen LogP contribution in [0.2, 0.25) is 0 Å². The van der Waals surface area contributed by atoms with Gasteiger partial charge in [0.05, 0.1) is 5.69 Å². The minimum Gasteiger partial charge on any atom is -0.364 e. The summed E-state index contributed by atoms with van der Waals surface area (Å²) < 4.78 is 31.2. The first-order valence-electron chi connectivity index (χ1n) is 8.06. The van der Waals surface area contributed by atoms with Gasteiger partial charge in [-0.15, -0.1) is 0 Å². The molecular weight excluding hydrogens is 326 g/mol. The number of aromatic amines is 1. The van der Waals surface area contributed by atoms with Crippen LogP contribution in [0.1, 0.15) is 30.1 Å². The summed E-state index contributed by atoms with van der Waals surface area (Å²) in [6.07, 6.45) is 3.04. The predicted octanol–water partition coefficient (Wildman–Crippen LogP) is 2.87. The molecule has 0 aliphatic carbocycles. The molecule has 3 heterocycles. The third-order valence-corrected chi connectivity index (χ3v) is 6.47. The van der Waals surface area contributed by atoms with Crippen LogP contribution in [0.25, 0.3) is 10.9 Å². The van der Waals surface area contributed by atoms with Crippen molar-refractivity contribution >= 4 is 20.9 Å². The summed E-state index contributed by atoms with van der Waals surface area (Å²) in [7, 11) is -3.34. The Balaban J connectivity index is 1.44. The molecule has 1 fully saturated rings. The molecule has 0 spiro atoms. The fraction of sp³-hybridized carbons (Fsp3) is 0.353. The zero-order chi connectivity index (χ0) is 16.6. The molecule has 0 saturated carbocycles. The molecule has 0 amide bonds. The van der Waals surface area contributed by atoms with Crippen molar-refractivity contribution < 1.29 is 12.9 Å². The zero-order valence-electron chi connectivity index (χ0n) is 13.2. The molecule has 1 aliphatic heterocycles. The number of rotatable bonds is 4. The van der Waals surface area contributed by atoms with E-state index in [2.05, 4.69) is 28.3 Å². The molecule has 1 aromatic carbocycles. The lowest BCUT2D eigenvalue weighted by atomic mass is 9.95. The van der Waals surface area contributed by atoms with Crippen molar-refractivity contribution in [2.24, 2.45) is 0 Å². The molecule has 1 aliphatic rings. The average molecular weight is 345 g/mol. The predicted molar refractivity (Wildman–Crippen MR) is 91.0 cm³/mol. The Hall–Kier alpha value is -2.12. The summed E-state index contributed by atoms with van der Waals surface area (Å²) >= 11 is 0. The van der Waals surface area contributed by atoms with E-state index < -0.39 is 10.0 Å². The maximum absolute atomic E-state index is 12.5. The van der Waals surface area contributed by atoms with E-state index in [1.807, 2.05) is 12.1 Å². The van der Waals surface area contributed by atoms with Gasteiger partial charge in [-0.1, -0.05) is 23.4 Å². The van der Waals surface area contributed by atoms with Crippen LogP contribution in [0.15, 0.2) is 47.2 Å². The highest BCUT2D eigenvalue weighted by molar-refractivity contribution is 7.88. The monoisotopic (exact) mass is 345 g/mol. The van der Waals surface area contributed by atoms with Gasteiger partial charge in [0.25, 0.3) is 0 Å². The van der Waals surface area contributed by atoms with E-state index in [1.54, 1.807) is 10.4 Å². The second kappa shape index (κ2) is 6.07. The van der Waals surface area contributed by atoms with Crippen LogP contribution in [0.3, 0.4) is 0 Å². The molecule has 1 saturated heterocycles. The van der Waals surface area contributed by atoms with Gasteiger partial charge < -0.3 is 9.51 Å². The second-order valence-electron chi connectivity index (χ2n) is 6.23. The first kappa shape index (κ1) is 15.4. The Labute approximate surface area is 140 Å². The van der Waals surface area contributed by atoms with Gasteiger partial charge in [-0.2, -0.15) is 0 Å². The average Bonchev–Trinajstić information content (AvgIpc) is 3.23. The molecular formula is C17H19N3O3S. The van der Waals surface area contributed by atoms with Crippen LogP contribution in [0.4, 0.5) is 0 Å². The normalized spacial score (nSPS) is 17.5. The lowest BCUT2D eigenvalue weighted by molar-refractivity contribution is 0.316. The minimum absolute atomic E-state index is 0.0967. The van der Waals surface area contributed by atoms with E-state index in [4.69, 9.17) is 4.52 Å². The number of nitrogens with one attached hydrogen (secondary N) is 1. The molecule has 0 unspecified atom stereocenters. The van der Waals surface area contributed by atoms with Crippen molar-refractivity contribution in [3.8, 4) is 0 Å². The van der Waals surface area contributed by atoms with Gasteiger partial charge >= 0.3 is 0 Å². The summed E-state index contributed by atoms with van der Waals surface area (Å²) in [5.74, 6) is 0.275. The summed E-state index contributed by atoms with van der Waals surface area (Å²) in [6.45, 7) is 1.08. The minimum atomic E-state index is -3.34. The Morgan fingerprint density at radius 3 is 2.71 bits per heavy atom. The molecule has 24 heavy (non-hydrogen) atoms. The summed E-state index contributed by atoms with van der Waals surface area (Å²) in [5.41, 5.74) is 2.78. The number of piperidine rings is 1. The summed E-state index contributed by atoms with van der Waals surface area (Å²) in [5, 5.41) is 4.90. The van der Waals surface area contributed by atoms with Crippen LogP contribution in [0.5, 0.6) is 0 Å². The quantitative estimate of drug-likeness (QED) is 0.788. The Bertz CT molecular complexity index is 890. The summed E-state index contributed by atoms with van der Waals surface area (Å²) in [6, 6.07) is 12.0. The SMILES string of the molecule is O=S(=O)(Cc1ccon1)N1CCC(c2cc3ccccc3[nH]2)CC1. The number of hydrogen-bond donors (Lipinski definition) is 1. The van der Waals surface area contributed by atoms with Crippen LogP contribution in [-0.4, -0.2) is 36.0 Å². The smallest absolute Gasteiger partial charge is 0.219 e. The highest BCUT2D eigenvalue weighted by atomic mass is 32.2. The molecule has 3 aromatic rings. The van der Waals surface area contributed by atoms with Gasteiger partial charge in [0.15, 0.2) is 0 Å². The van der Waals surface area contributed by atoms with Crippen LogP contribution in [-0.2, 0) is 15.8 Å². The molecule has 0 atom stereocenters. The van der Waals surface area contributed by atoms with Gasteiger partial charge in [-0.05, 0) is 30.4 Å². The van der Waals surface area contributed by atoms with E-state index in [0.717, 1.165) is 18.4 Å². The Morgan fingerprint density at radius 2 is 2.00 bits per heavy atom. The van der Waals surface area contributed by atoms with Crippen molar-refractivity contribution in [3.63, 3.8) is 0 Å². The molecule has 2 aromatic heterocycles. The van der Waals surface area contributed by atoms with Crippen molar-refractivity contribution in [3.05, 3.63) is 54.0 Å². The maximum Gasteiger partial charge on any atom is 0.219 e. The number of fused-ring (bicyclic) bond motifs is 1. The first-order valence-corrected chi connectivity index (χ1v) is 9.67. The fourth-order valence-corrected chi connectivity index (χ4v) is 4.82. The highest BCUT2D eigenvalue weighted by Gasteiger charge is 2.29. The molecule has 0 bridgehead atoms. The van der Waals surface area contributed by atoms with Crippen molar-refractivity contribution in [1.82, 2.24) is 14.4 Å². The molecule has 4 rings (SSSR count). The Kier molecular flexibility index (Phi) is 3.90. The second-order valence-corrected chi connectivity index (χ2v) is 8.20. The van der Waals surface area contributed by atoms with Gasteiger partial charge in [0.2, 0.25) is 10.0 Å². The number of aromatic nitrogens is 2. The van der Waals surface area contributed by atoms with E-state index in [1.165, 1.54) is 17.3 Å². The summed E-state index contributed by atoms with van der Waals surface area (Å²) in [4.78, 5) is 3.46. The number of hydrogen-bond acceptors (Lipinski definition) is 4. The molecule has 6 nitrogen and oxygen atoms in total. The van der Waals surface area contributed by atoms with Gasteiger partial charge in [0.1, 0.15) is 12.0 Å². The fourth-order valence-electron chi connectivity index (χ4n) is 3.35. The lowest BCUT2D eigenvalue weighted by Crippen LogP contribution is -2.38. The molecule has 7 heteroatoms. The number of nitrogens with zero attached hydrogens (tertiary/aromatic N) is 2. The topological polar surface area (TPSA) is 79.2 Å². The van der Waals surface area contributed by atoms with Crippen LogP contribution < -0.4 is 0 Å². The molecule has 0 radical (unpaired) electrons. The zero-order valence-corrected chi connectivity index (χ0v) is 14.0. The van der Waals surface area contributed by atoms with Crippen LogP contribution >= 0.6 is 0 Å². The van der Waals surface area contributed by atoms with Crippen LogP contribution in [0, 0.1) is 0 Å². The third kappa shape index (κ3) is 2.97. The lowest BCUT2D eigenvalue weighted by Gasteiger charge is -2.30. The highest BCUT2D eigenvalue weighted by Crippen LogP contribution is 2.31. The van der Waals surface area contributed by atoms with Crippen molar-refractivity contribution in [2.75, 3.05) is 13.1 Å². The largest absolute Gasteiger partial charge is 0.364 e. The van der Waals surface area contributed by atoms with E-state index in [9.17, 15) is 8.42 Å². The third-order valence-electron chi connectivity index (χ3n) is 4.66. The molecule has 126 valence electrons. The standard InChI is InChI=1S/C17H19N3O3S/c21-24(22,12-15-7-10-23-19-15)20-8-5-13(6-9-20)17-11-14-3-1-2-4-16(14)18-17/h1-4,7,10-11,13,18H,5-6,8-9,12H2. The van der Waals surface area contributed by atoms with Crippen molar-refractivity contribution in [1.29, 1.82) is 0 Å². The van der Waals surface area contributed by atoms with Crippen molar-refractivity contribution in [2.45, 2.75) is 24.5 Å². The van der Waals surface area contributed by atoms with E-state index in [0.29, 0.717) is 24.7 Å². The maximum atomic E-state index is 12.5. The Morgan fingerprint density at radius 1 is 1.21 bits per heavy atom. The van der Waals surface area contributed by atoms with E-state index in [-0.39, 0.29) is 5.75 Å². The first-order chi connectivity index (χ1) is 11.6. The number of sulfonamides is 1. The molecule has 1 N–H and O–H groups in total.